The third-order valence-corrected chi connectivity index (χ3v) is 4.02. The van der Waals surface area contributed by atoms with Crippen LogP contribution < -0.4 is 4.90 Å². The fourth-order valence-corrected chi connectivity index (χ4v) is 2.85. The Morgan fingerprint density at radius 3 is 2.68 bits per heavy atom. The molecule has 3 heterocycles. The highest BCUT2D eigenvalue weighted by molar-refractivity contribution is 5.69. The van der Waals surface area contributed by atoms with E-state index in [9.17, 15) is 4.79 Å². The lowest BCUT2D eigenvalue weighted by Crippen LogP contribution is -2.55. The van der Waals surface area contributed by atoms with Crippen molar-refractivity contribution in [3.05, 3.63) is 6.33 Å². The SMILES string of the molecule is C[C@H]1CN(c2nnc(-c3ncn[nH]3)n2C)CCN1C(=O)OC(C)(C)C. The van der Waals surface area contributed by atoms with Crippen molar-refractivity contribution in [2.75, 3.05) is 24.5 Å². The van der Waals surface area contributed by atoms with Crippen molar-refractivity contribution in [3.8, 4) is 11.6 Å². The molecule has 3 rings (SSSR count). The normalized spacial score (nSPS) is 18.5. The smallest absolute Gasteiger partial charge is 0.410 e. The molecule has 0 radical (unpaired) electrons. The Morgan fingerprint density at radius 2 is 2.08 bits per heavy atom. The number of ether oxygens (including phenoxy) is 1. The Kier molecular flexibility index (Phi) is 4.36. The first-order chi connectivity index (χ1) is 11.8. The lowest BCUT2D eigenvalue weighted by atomic mass is 10.2. The van der Waals surface area contributed by atoms with E-state index in [4.69, 9.17) is 4.74 Å². The number of amides is 1. The number of hydrogen-bond donors (Lipinski definition) is 1. The number of carbonyl (C=O) groups is 1. The van der Waals surface area contributed by atoms with Crippen molar-refractivity contribution in [1.29, 1.82) is 0 Å². The topological polar surface area (TPSA) is 105 Å². The number of nitrogens with one attached hydrogen (secondary N) is 1. The molecule has 0 aromatic carbocycles. The monoisotopic (exact) mass is 348 g/mol. The summed E-state index contributed by atoms with van der Waals surface area (Å²) in [6.45, 7) is 9.50. The summed E-state index contributed by atoms with van der Waals surface area (Å²) in [5.74, 6) is 1.93. The van der Waals surface area contributed by atoms with Crippen molar-refractivity contribution in [3.63, 3.8) is 0 Å². The summed E-state index contributed by atoms with van der Waals surface area (Å²) in [7, 11) is 1.89. The average molecular weight is 348 g/mol. The number of piperazine rings is 1. The number of anilines is 1. The number of aromatic nitrogens is 6. The molecule has 1 aliphatic heterocycles. The highest BCUT2D eigenvalue weighted by Crippen LogP contribution is 2.22. The van der Waals surface area contributed by atoms with Crippen LogP contribution in [0.15, 0.2) is 6.33 Å². The maximum absolute atomic E-state index is 12.3. The lowest BCUT2D eigenvalue weighted by molar-refractivity contribution is 0.0158. The van der Waals surface area contributed by atoms with Crippen LogP contribution in [0.5, 0.6) is 0 Å². The van der Waals surface area contributed by atoms with E-state index in [1.807, 2.05) is 39.3 Å². The molecule has 1 amide bonds. The third kappa shape index (κ3) is 3.57. The predicted molar refractivity (Wildman–Crippen MR) is 91.0 cm³/mol. The zero-order valence-corrected chi connectivity index (χ0v) is 15.2. The van der Waals surface area contributed by atoms with E-state index in [2.05, 4.69) is 30.3 Å². The van der Waals surface area contributed by atoms with Gasteiger partial charge in [-0.3, -0.25) is 9.67 Å². The average Bonchev–Trinajstić information content (AvgIpc) is 3.14. The van der Waals surface area contributed by atoms with E-state index in [1.54, 1.807) is 4.90 Å². The molecule has 10 nitrogen and oxygen atoms in total. The minimum Gasteiger partial charge on any atom is -0.444 e. The lowest BCUT2D eigenvalue weighted by Gasteiger charge is -2.40. The number of carbonyl (C=O) groups excluding carboxylic acids is 1. The van der Waals surface area contributed by atoms with Gasteiger partial charge in [0.1, 0.15) is 11.9 Å². The fourth-order valence-electron chi connectivity index (χ4n) is 2.85. The summed E-state index contributed by atoms with van der Waals surface area (Å²) < 4.78 is 7.35. The Morgan fingerprint density at radius 1 is 1.32 bits per heavy atom. The first-order valence-electron chi connectivity index (χ1n) is 8.26. The molecule has 0 saturated carbocycles. The van der Waals surface area contributed by atoms with E-state index < -0.39 is 5.60 Å². The highest BCUT2D eigenvalue weighted by Gasteiger charge is 2.32. The van der Waals surface area contributed by atoms with Gasteiger partial charge in [-0.05, 0) is 27.7 Å². The molecule has 0 spiro atoms. The van der Waals surface area contributed by atoms with Gasteiger partial charge in [0.05, 0.1) is 0 Å². The zero-order valence-electron chi connectivity index (χ0n) is 15.2. The van der Waals surface area contributed by atoms with Crippen LogP contribution in [-0.2, 0) is 11.8 Å². The summed E-state index contributed by atoms with van der Waals surface area (Å²) in [6.07, 6.45) is 1.16. The van der Waals surface area contributed by atoms with Crippen LogP contribution in [0, 0.1) is 0 Å². The second-order valence-corrected chi connectivity index (χ2v) is 7.19. The summed E-state index contributed by atoms with van der Waals surface area (Å²) in [6, 6.07) is 0.00836. The van der Waals surface area contributed by atoms with Crippen LogP contribution in [0.1, 0.15) is 27.7 Å². The highest BCUT2D eigenvalue weighted by atomic mass is 16.6. The van der Waals surface area contributed by atoms with Crippen LogP contribution in [0.2, 0.25) is 0 Å². The largest absolute Gasteiger partial charge is 0.444 e. The number of nitrogens with zero attached hydrogens (tertiary/aromatic N) is 7. The maximum atomic E-state index is 12.3. The molecule has 25 heavy (non-hydrogen) atoms. The molecule has 2 aromatic heterocycles. The molecule has 2 aromatic rings. The molecule has 136 valence electrons. The first kappa shape index (κ1) is 17.2. The number of H-pyrrole nitrogens is 1. The molecule has 1 atom stereocenters. The Bertz CT molecular complexity index is 733. The van der Waals surface area contributed by atoms with E-state index in [-0.39, 0.29) is 12.1 Å². The van der Waals surface area contributed by atoms with Crippen molar-refractivity contribution in [1.82, 2.24) is 34.8 Å². The van der Waals surface area contributed by atoms with Crippen LogP contribution in [0.3, 0.4) is 0 Å². The zero-order chi connectivity index (χ0) is 18.2. The van der Waals surface area contributed by atoms with Gasteiger partial charge >= 0.3 is 6.09 Å². The van der Waals surface area contributed by atoms with Crippen LogP contribution in [0.4, 0.5) is 10.7 Å². The molecule has 0 unspecified atom stereocenters. The minimum atomic E-state index is -0.497. The van der Waals surface area contributed by atoms with Gasteiger partial charge in [-0.25, -0.2) is 9.78 Å². The number of rotatable bonds is 2. The van der Waals surface area contributed by atoms with E-state index >= 15 is 0 Å². The van der Waals surface area contributed by atoms with Crippen molar-refractivity contribution in [2.45, 2.75) is 39.3 Å². The van der Waals surface area contributed by atoms with Gasteiger partial charge in [-0.1, -0.05) is 0 Å². The summed E-state index contributed by atoms with van der Waals surface area (Å²) >= 11 is 0. The Labute approximate surface area is 146 Å². The second kappa shape index (κ2) is 6.34. The van der Waals surface area contributed by atoms with Gasteiger partial charge < -0.3 is 14.5 Å². The van der Waals surface area contributed by atoms with Crippen molar-refractivity contribution in [2.24, 2.45) is 7.05 Å². The van der Waals surface area contributed by atoms with Gasteiger partial charge in [0.2, 0.25) is 11.8 Å². The summed E-state index contributed by atoms with van der Waals surface area (Å²) in [5, 5.41) is 15.1. The molecule has 1 N–H and O–H groups in total. The van der Waals surface area contributed by atoms with Gasteiger partial charge in [0.15, 0.2) is 5.82 Å². The molecule has 1 fully saturated rings. The quantitative estimate of drug-likeness (QED) is 0.864. The molecule has 1 aliphatic rings. The van der Waals surface area contributed by atoms with Gasteiger partial charge in [-0.2, -0.15) is 5.10 Å². The van der Waals surface area contributed by atoms with Gasteiger partial charge in [0.25, 0.3) is 0 Å². The minimum absolute atomic E-state index is 0.00836. The Hall–Kier alpha value is -2.65. The van der Waals surface area contributed by atoms with Crippen LogP contribution >= 0.6 is 0 Å². The molecular weight excluding hydrogens is 324 g/mol. The molecule has 0 aliphatic carbocycles. The molecule has 1 saturated heterocycles. The van der Waals surface area contributed by atoms with E-state index in [0.29, 0.717) is 31.3 Å². The van der Waals surface area contributed by atoms with Gasteiger partial charge in [-0.15, -0.1) is 10.2 Å². The predicted octanol–water partition coefficient (Wildman–Crippen LogP) is 1.05. The second-order valence-electron chi connectivity index (χ2n) is 7.19. The van der Waals surface area contributed by atoms with Gasteiger partial charge in [0, 0.05) is 32.7 Å². The summed E-state index contributed by atoms with van der Waals surface area (Å²) in [5.41, 5.74) is -0.497. The van der Waals surface area contributed by atoms with Crippen molar-refractivity contribution >= 4 is 12.0 Å². The molecular formula is C15H24N8O2. The third-order valence-electron chi connectivity index (χ3n) is 4.02. The fraction of sp³-hybridized carbons (Fsp3) is 0.667. The van der Waals surface area contributed by atoms with E-state index in [1.165, 1.54) is 6.33 Å². The molecule has 10 heteroatoms. The van der Waals surface area contributed by atoms with Crippen LogP contribution in [0.25, 0.3) is 11.6 Å². The molecule has 0 bridgehead atoms. The Balaban J connectivity index is 1.70. The summed E-state index contributed by atoms with van der Waals surface area (Å²) in [4.78, 5) is 20.3. The van der Waals surface area contributed by atoms with E-state index in [0.717, 1.165) is 5.95 Å². The number of hydrogen-bond acceptors (Lipinski definition) is 7. The maximum Gasteiger partial charge on any atom is 0.410 e. The first-order valence-corrected chi connectivity index (χ1v) is 8.26. The van der Waals surface area contributed by atoms with Crippen molar-refractivity contribution < 1.29 is 9.53 Å². The standard InChI is InChI=1S/C15H24N8O2/c1-10-8-22(6-7-23(10)14(24)25-15(2,3)4)13-20-19-12(21(13)5)11-16-9-17-18-11/h9-10H,6-8H2,1-5H3,(H,16,17,18)/t10-/m0/s1. The number of aromatic amines is 1. The van der Waals surface area contributed by atoms with Crippen LogP contribution in [-0.4, -0.2) is 72.2 Å².